The highest BCUT2D eigenvalue weighted by Crippen LogP contribution is 2.29. The average Bonchev–Trinajstić information content (AvgIpc) is 2.53. The Kier molecular flexibility index (Phi) is 3.38. The van der Waals surface area contributed by atoms with Gasteiger partial charge in [0.15, 0.2) is 0 Å². The Morgan fingerprint density at radius 3 is 2.81 bits per heavy atom. The molecular formula is C14H11N5O2. The Hall–Kier alpha value is -3.09. The predicted molar refractivity (Wildman–Crippen MR) is 77.8 cm³/mol. The lowest BCUT2D eigenvalue weighted by atomic mass is 10.1. The maximum Gasteiger partial charge on any atom is 0.295 e. The molecule has 7 nitrogen and oxygen atoms in total. The van der Waals surface area contributed by atoms with Crippen LogP contribution in [-0.2, 0) is 6.54 Å². The smallest absolute Gasteiger partial charge is 0.295 e. The molecule has 7 heteroatoms. The Labute approximate surface area is 119 Å². The van der Waals surface area contributed by atoms with Crippen molar-refractivity contribution in [2.24, 2.45) is 0 Å². The van der Waals surface area contributed by atoms with Crippen molar-refractivity contribution in [3.63, 3.8) is 0 Å². The molecule has 3 aromatic rings. The van der Waals surface area contributed by atoms with E-state index < -0.39 is 4.92 Å². The molecule has 1 N–H and O–H groups in total. The molecule has 0 amide bonds. The number of benzene rings is 1. The van der Waals surface area contributed by atoms with E-state index in [0.29, 0.717) is 17.4 Å². The standard InChI is InChI=1S/C14H11N5O2/c20-19(21)13-4-3-12(11-2-1-6-16-14(11)13)17-8-10-5-7-15-9-18-10/h1-7,9,17H,8H2. The SMILES string of the molecule is O=[N+]([O-])c1ccc(NCc2ccncn2)c2cccnc12. The fourth-order valence-electron chi connectivity index (χ4n) is 2.07. The number of anilines is 1. The second-order valence-electron chi connectivity index (χ2n) is 4.34. The molecule has 21 heavy (non-hydrogen) atoms. The number of fused-ring (bicyclic) bond motifs is 1. The number of nitrogens with zero attached hydrogens (tertiary/aromatic N) is 4. The summed E-state index contributed by atoms with van der Waals surface area (Å²) in [4.78, 5) is 22.7. The van der Waals surface area contributed by atoms with Crippen molar-refractivity contribution in [3.05, 3.63) is 64.9 Å². The molecule has 0 fully saturated rings. The van der Waals surface area contributed by atoms with Gasteiger partial charge in [0.2, 0.25) is 0 Å². The van der Waals surface area contributed by atoms with Crippen LogP contribution >= 0.6 is 0 Å². The zero-order valence-electron chi connectivity index (χ0n) is 10.9. The zero-order valence-corrected chi connectivity index (χ0v) is 10.9. The van der Waals surface area contributed by atoms with E-state index in [-0.39, 0.29) is 5.69 Å². The van der Waals surface area contributed by atoms with Gasteiger partial charge in [-0.15, -0.1) is 0 Å². The van der Waals surface area contributed by atoms with Gasteiger partial charge in [-0.1, -0.05) is 0 Å². The summed E-state index contributed by atoms with van der Waals surface area (Å²) in [5.74, 6) is 0. The van der Waals surface area contributed by atoms with Crippen molar-refractivity contribution >= 4 is 22.3 Å². The van der Waals surface area contributed by atoms with Crippen LogP contribution < -0.4 is 5.32 Å². The molecule has 0 aliphatic carbocycles. The first-order chi connectivity index (χ1) is 10.3. The second-order valence-corrected chi connectivity index (χ2v) is 4.34. The number of rotatable bonds is 4. The zero-order chi connectivity index (χ0) is 14.7. The van der Waals surface area contributed by atoms with Crippen LogP contribution in [0.3, 0.4) is 0 Å². The van der Waals surface area contributed by atoms with Gasteiger partial charge in [0, 0.05) is 29.5 Å². The van der Waals surface area contributed by atoms with Crippen molar-refractivity contribution in [3.8, 4) is 0 Å². The van der Waals surface area contributed by atoms with Crippen molar-refractivity contribution in [1.82, 2.24) is 15.0 Å². The number of nitrogens with one attached hydrogen (secondary N) is 1. The molecule has 2 aromatic heterocycles. The fraction of sp³-hybridized carbons (Fsp3) is 0.0714. The fourth-order valence-corrected chi connectivity index (χ4v) is 2.07. The minimum Gasteiger partial charge on any atom is -0.379 e. The summed E-state index contributed by atoms with van der Waals surface area (Å²) in [7, 11) is 0. The molecule has 3 rings (SSSR count). The van der Waals surface area contributed by atoms with Crippen LogP contribution in [0.1, 0.15) is 5.69 Å². The largest absolute Gasteiger partial charge is 0.379 e. The molecule has 0 spiro atoms. The highest BCUT2D eigenvalue weighted by atomic mass is 16.6. The Morgan fingerprint density at radius 2 is 2.05 bits per heavy atom. The first-order valence-electron chi connectivity index (χ1n) is 6.26. The van der Waals surface area contributed by atoms with Crippen LogP contribution in [0.15, 0.2) is 49.1 Å². The average molecular weight is 281 g/mol. The van der Waals surface area contributed by atoms with Crippen molar-refractivity contribution in [2.75, 3.05) is 5.32 Å². The summed E-state index contributed by atoms with van der Waals surface area (Å²) in [6, 6.07) is 8.50. The predicted octanol–water partition coefficient (Wildman–Crippen LogP) is 2.55. The lowest BCUT2D eigenvalue weighted by molar-refractivity contribution is -0.383. The minimum absolute atomic E-state index is 0.00168. The summed E-state index contributed by atoms with van der Waals surface area (Å²) in [5.41, 5.74) is 1.98. The van der Waals surface area contributed by atoms with Gasteiger partial charge in [0.05, 0.1) is 17.2 Å². The van der Waals surface area contributed by atoms with E-state index in [4.69, 9.17) is 0 Å². The van der Waals surface area contributed by atoms with Gasteiger partial charge in [0.1, 0.15) is 11.8 Å². The second kappa shape index (κ2) is 5.49. The molecule has 0 radical (unpaired) electrons. The molecule has 1 aromatic carbocycles. The van der Waals surface area contributed by atoms with Gasteiger partial charge >= 0.3 is 0 Å². The molecule has 0 atom stereocenters. The van der Waals surface area contributed by atoms with Crippen molar-refractivity contribution < 1.29 is 4.92 Å². The first kappa shape index (κ1) is 12.9. The normalized spacial score (nSPS) is 10.5. The van der Waals surface area contributed by atoms with Crippen LogP contribution in [-0.4, -0.2) is 19.9 Å². The summed E-state index contributed by atoms with van der Waals surface area (Å²) in [6.07, 6.45) is 4.69. The van der Waals surface area contributed by atoms with Crippen molar-refractivity contribution in [1.29, 1.82) is 0 Å². The van der Waals surface area contributed by atoms with Gasteiger partial charge < -0.3 is 5.32 Å². The third-order valence-corrected chi connectivity index (χ3v) is 3.05. The van der Waals surface area contributed by atoms with Gasteiger partial charge in [-0.05, 0) is 24.3 Å². The van der Waals surface area contributed by atoms with Crippen LogP contribution in [0.4, 0.5) is 11.4 Å². The molecule has 0 aliphatic heterocycles. The van der Waals surface area contributed by atoms with E-state index in [9.17, 15) is 10.1 Å². The summed E-state index contributed by atoms with van der Waals surface area (Å²) < 4.78 is 0. The molecular weight excluding hydrogens is 270 g/mol. The van der Waals surface area contributed by atoms with E-state index >= 15 is 0 Å². The summed E-state index contributed by atoms with van der Waals surface area (Å²) >= 11 is 0. The monoisotopic (exact) mass is 281 g/mol. The number of aromatic nitrogens is 3. The number of hydrogen-bond donors (Lipinski definition) is 1. The van der Waals surface area contributed by atoms with E-state index in [1.807, 2.05) is 0 Å². The third kappa shape index (κ3) is 2.62. The highest BCUT2D eigenvalue weighted by Gasteiger charge is 2.15. The molecule has 0 aliphatic rings. The van der Waals surface area contributed by atoms with E-state index in [0.717, 1.165) is 11.4 Å². The van der Waals surface area contributed by atoms with Crippen molar-refractivity contribution in [2.45, 2.75) is 6.54 Å². The number of nitro groups is 1. The van der Waals surface area contributed by atoms with Crippen LogP contribution in [0.2, 0.25) is 0 Å². The van der Waals surface area contributed by atoms with E-state index in [1.54, 1.807) is 36.7 Å². The molecule has 0 unspecified atom stereocenters. The van der Waals surface area contributed by atoms with Gasteiger partial charge in [-0.3, -0.25) is 10.1 Å². The van der Waals surface area contributed by atoms with Crippen LogP contribution in [0, 0.1) is 10.1 Å². The highest BCUT2D eigenvalue weighted by molar-refractivity contribution is 5.96. The van der Waals surface area contributed by atoms with Gasteiger partial charge in [-0.25, -0.2) is 15.0 Å². The third-order valence-electron chi connectivity index (χ3n) is 3.05. The van der Waals surface area contributed by atoms with Crippen LogP contribution in [0.5, 0.6) is 0 Å². The molecule has 104 valence electrons. The number of hydrogen-bond acceptors (Lipinski definition) is 6. The lowest BCUT2D eigenvalue weighted by Gasteiger charge is -2.09. The minimum atomic E-state index is -0.427. The molecule has 0 saturated carbocycles. The van der Waals surface area contributed by atoms with E-state index in [1.165, 1.54) is 12.4 Å². The van der Waals surface area contributed by atoms with Gasteiger partial charge in [-0.2, -0.15) is 0 Å². The number of pyridine rings is 1. The van der Waals surface area contributed by atoms with Crippen LogP contribution in [0.25, 0.3) is 10.9 Å². The summed E-state index contributed by atoms with van der Waals surface area (Å²) in [5, 5.41) is 15.0. The number of nitro benzene ring substituents is 1. The Morgan fingerprint density at radius 1 is 1.14 bits per heavy atom. The Balaban J connectivity index is 1.96. The van der Waals surface area contributed by atoms with E-state index in [2.05, 4.69) is 20.3 Å². The maximum absolute atomic E-state index is 11.0. The van der Waals surface area contributed by atoms with Gasteiger partial charge in [0.25, 0.3) is 5.69 Å². The molecule has 0 saturated heterocycles. The Bertz CT molecular complexity index is 792. The molecule has 2 heterocycles. The first-order valence-corrected chi connectivity index (χ1v) is 6.26. The quantitative estimate of drug-likeness (QED) is 0.583. The lowest BCUT2D eigenvalue weighted by Crippen LogP contribution is -2.03. The number of non-ortho nitro benzene ring substituents is 1. The maximum atomic E-state index is 11.0. The molecule has 0 bridgehead atoms. The summed E-state index contributed by atoms with van der Waals surface area (Å²) in [6.45, 7) is 0.504. The topological polar surface area (TPSA) is 93.8 Å².